The number of carbonyl (C=O) groups is 1. The van der Waals surface area contributed by atoms with E-state index in [1.54, 1.807) is 12.1 Å². The van der Waals surface area contributed by atoms with E-state index in [9.17, 15) is 18.3 Å². The lowest BCUT2D eigenvalue weighted by Gasteiger charge is -2.22. The molecule has 1 aliphatic heterocycles. The van der Waals surface area contributed by atoms with Gasteiger partial charge in [-0.3, -0.25) is 4.79 Å². The Bertz CT molecular complexity index is 1380. The molecule has 1 aromatic heterocycles. The molecule has 2 aromatic carbocycles. The zero-order valence-electron chi connectivity index (χ0n) is 23.2. The Balaban J connectivity index is 1.29. The summed E-state index contributed by atoms with van der Waals surface area (Å²) in [6.07, 6.45) is 8.82. The number of nitrogens with one attached hydrogen (secondary N) is 3. The van der Waals surface area contributed by atoms with Crippen molar-refractivity contribution in [2.45, 2.75) is 64.3 Å². The standard InChI is InChI=1S/C31H41N3O5S/c1-2-23(19-26-21-33-29-9-4-3-8-28(26)29)22-40(37,38)34-30(31(35)36)20-25-10-12-27(13-11-25)39-18-6-5-7-24-14-16-32-17-15-24/h3-4,8-13,21-22,24,30,32-34H,2,5-7,14-20H2,1H3,(H,35,36)/b23-22+/t30-/m0/s1. The Kier molecular flexibility index (Phi) is 10.8. The van der Waals surface area contributed by atoms with E-state index in [0.717, 1.165) is 54.1 Å². The molecule has 0 bridgehead atoms. The van der Waals surface area contributed by atoms with E-state index in [0.29, 0.717) is 30.6 Å². The number of hydrogen-bond donors (Lipinski definition) is 4. The Morgan fingerprint density at radius 1 is 1.12 bits per heavy atom. The van der Waals surface area contributed by atoms with Crippen LogP contribution in [0.1, 0.15) is 56.6 Å². The number of hydrogen-bond acceptors (Lipinski definition) is 5. The number of fused-ring (bicyclic) bond motifs is 1. The van der Waals surface area contributed by atoms with Gasteiger partial charge in [0.05, 0.1) is 6.61 Å². The first-order valence-electron chi connectivity index (χ1n) is 14.2. The number of piperidine rings is 1. The molecule has 40 heavy (non-hydrogen) atoms. The number of para-hydroxylation sites is 1. The number of aromatic amines is 1. The van der Waals surface area contributed by atoms with E-state index in [2.05, 4.69) is 15.0 Å². The zero-order chi connectivity index (χ0) is 28.4. The molecule has 2 heterocycles. The van der Waals surface area contributed by atoms with Gasteiger partial charge in [0, 0.05) is 22.5 Å². The molecule has 3 aromatic rings. The van der Waals surface area contributed by atoms with Crippen LogP contribution in [-0.2, 0) is 27.7 Å². The minimum atomic E-state index is -3.98. The fourth-order valence-corrected chi connectivity index (χ4v) is 6.59. The van der Waals surface area contributed by atoms with Crippen molar-refractivity contribution in [3.8, 4) is 5.75 Å². The highest BCUT2D eigenvalue weighted by atomic mass is 32.2. The molecule has 0 amide bonds. The molecule has 0 unspecified atom stereocenters. The van der Waals surface area contributed by atoms with Gasteiger partial charge in [0.2, 0.25) is 10.0 Å². The largest absolute Gasteiger partial charge is 0.494 e. The maximum atomic E-state index is 12.9. The molecular formula is C31H41N3O5S. The third-order valence-corrected chi connectivity index (χ3v) is 8.83. The van der Waals surface area contributed by atoms with Gasteiger partial charge in [0.1, 0.15) is 11.8 Å². The maximum absolute atomic E-state index is 12.9. The number of ether oxygens (including phenoxy) is 1. The van der Waals surface area contributed by atoms with Crippen molar-refractivity contribution in [2.75, 3.05) is 19.7 Å². The molecular weight excluding hydrogens is 526 g/mol. The van der Waals surface area contributed by atoms with Crippen LogP contribution < -0.4 is 14.8 Å². The number of aliphatic carboxylic acids is 1. The van der Waals surface area contributed by atoms with Crippen LogP contribution in [0.4, 0.5) is 0 Å². The predicted molar refractivity (Wildman–Crippen MR) is 159 cm³/mol. The second-order valence-corrected chi connectivity index (χ2v) is 12.2. The number of carboxylic acids is 1. The summed E-state index contributed by atoms with van der Waals surface area (Å²) in [5, 5.41) is 15.4. The van der Waals surface area contributed by atoms with Crippen LogP contribution in [0.2, 0.25) is 0 Å². The van der Waals surface area contributed by atoms with Crippen LogP contribution in [0.3, 0.4) is 0 Å². The van der Waals surface area contributed by atoms with Gasteiger partial charge in [-0.1, -0.05) is 49.2 Å². The number of unbranched alkanes of at least 4 members (excludes halogenated alkanes) is 1. The lowest BCUT2D eigenvalue weighted by Crippen LogP contribution is -2.41. The highest BCUT2D eigenvalue weighted by Crippen LogP contribution is 2.23. The summed E-state index contributed by atoms with van der Waals surface area (Å²) in [6, 6.07) is 13.8. The van der Waals surface area contributed by atoms with Crippen LogP contribution >= 0.6 is 0 Å². The molecule has 1 saturated heterocycles. The summed E-state index contributed by atoms with van der Waals surface area (Å²) in [5.41, 5.74) is 3.40. The average Bonchev–Trinajstić information content (AvgIpc) is 3.36. The van der Waals surface area contributed by atoms with E-state index in [-0.39, 0.29) is 6.42 Å². The number of H-pyrrole nitrogens is 1. The van der Waals surface area contributed by atoms with Crippen LogP contribution in [0.25, 0.3) is 10.9 Å². The van der Waals surface area contributed by atoms with Gasteiger partial charge in [0.25, 0.3) is 0 Å². The zero-order valence-corrected chi connectivity index (χ0v) is 24.0. The van der Waals surface area contributed by atoms with Crippen molar-refractivity contribution in [3.63, 3.8) is 0 Å². The summed E-state index contributed by atoms with van der Waals surface area (Å²) < 4.78 is 34.1. The molecule has 0 saturated carbocycles. The Hall–Kier alpha value is -3.14. The summed E-state index contributed by atoms with van der Waals surface area (Å²) in [5.74, 6) is 0.329. The Morgan fingerprint density at radius 2 is 1.88 bits per heavy atom. The molecule has 8 nitrogen and oxygen atoms in total. The molecule has 9 heteroatoms. The van der Waals surface area contributed by atoms with Crippen molar-refractivity contribution >= 4 is 26.9 Å². The second kappa shape index (κ2) is 14.5. The maximum Gasteiger partial charge on any atom is 0.322 e. The monoisotopic (exact) mass is 567 g/mol. The minimum Gasteiger partial charge on any atom is -0.494 e. The summed E-state index contributed by atoms with van der Waals surface area (Å²) in [7, 11) is -3.98. The number of rotatable bonds is 15. The van der Waals surface area contributed by atoms with E-state index in [1.807, 2.05) is 49.5 Å². The molecule has 1 atom stereocenters. The van der Waals surface area contributed by atoms with E-state index < -0.39 is 22.0 Å². The first kappa shape index (κ1) is 29.8. The fourth-order valence-electron chi connectivity index (χ4n) is 5.26. The molecule has 1 aliphatic rings. The molecule has 1 fully saturated rings. The Morgan fingerprint density at radius 3 is 2.60 bits per heavy atom. The number of carboxylic acid groups (broad SMARTS) is 1. The third-order valence-electron chi connectivity index (χ3n) is 7.57. The number of benzene rings is 2. The van der Waals surface area contributed by atoms with Gasteiger partial charge in [-0.2, -0.15) is 4.72 Å². The van der Waals surface area contributed by atoms with Crippen molar-refractivity contribution in [2.24, 2.45) is 5.92 Å². The average molecular weight is 568 g/mol. The molecule has 4 N–H and O–H groups in total. The first-order chi connectivity index (χ1) is 19.3. The van der Waals surface area contributed by atoms with E-state index in [4.69, 9.17) is 4.74 Å². The van der Waals surface area contributed by atoms with Crippen LogP contribution in [0.5, 0.6) is 5.75 Å². The number of aromatic nitrogens is 1. The number of allylic oxidation sites excluding steroid dienone is 1. The minimum absolute atomic E-state index is 0.0306. The van der Waals surface area contributed by atoms with Crippen LogP contribution in [-0.4, -0.2) is 50.2 Å². The van der Waals surface area contributed by atoms with Crippen molar-refractivity contribution in [3.05, 3.63) is 76.8 Å². The molecule has 0 aliphatic carbocycles. The molecule has 0 radical (unpaired) electrons. The van der Waals surface area contributed by atoms with Crippen molar-refractivity contribution < 1.29 is 23.1 Å². The van der Waals surface area contributed by atoms with Gasteiger partial charge in [0.15, 0.2) is 0 Å². The Labute approximate surface area is 237 Å². The van der Waals surface area contributed by atoms with Crippen molar-refractivity contribution in [1.29, 1.82) is 0 Å². The lowest BCUT2D eigenvalue weighted by molar-refractivity contribution is -0.138. The normalized spacial score (nSPS) is 15.8. The van der Waals surface area contributed by atoms with E-state index >= 15 is 0 Å². The van der Waals surface area contributed by atoms with E-state index in [1.165, 1.54) is 24.7 Å². The lowest BCUT2D eigenvalue weighted by atomic mass is 9.93. The quantitative estimate of drug-likeness (QED) is 0.188. The summed E-state index contributed by atoms with van der Waals surface area (Å²) >= 11 is 0. The first-order valence-corrected chi connectivity index (χ1v) is 15.8. The third kappa shape index (κ3) is 8.94. The number of sulfonamides is 1. The second-order valence-electron chi connectivity index (χ2n) is 10.6. The van der Waals surface area contributed by atoms with Gasteiger partial charge in [-0.25, -0.2) is 8.42 Å². The summed E-state index contributed by atoms with van der Waals surface area (Å²) in [6.45, 7) is 4.79. The highest BCUT2D eigenvalue weighted by molar-refractivity contribution is 7.92. The van der Waals surface area contributed by atoms with Gasteiger partial charge >= 0.3 is 5.97 Å². The summed E-state index contributed by atoms with van der Waals surface area (Å²) in [4.78, 5) is 15.2. The van der Waals surface area contributed by atoms with Crippen LogP contribution in [0, 0.1) is 5.92 Å². The SMILES string of the molecule is CC/C(=C\S(=O)(=O)N[C@@H](Cc1ccc(OCCCCC2CCNCC2)cc1)C(=O)O)Cc1c[nH]c2ccccc12. The van der Waals surface area contributed by atoms with Crippen LogP contribution in [0.15, 0.2) is 65.7 Å². The topological polar surface area (TPSA) is 121 Å². The molecule has 4 rings (SSSR count). The predicted octanol–water partition coefficient (Wildman–Crippen LogP) is 5.17. The fraction of sp³-hybridized carbons (Fsp3) is 0.452. The van der Waals surface area contributed by atoms with Gasteiger partial charge in [-0.15, -0.1) is 0 Å². The van der Waals surface area contributed by atoms with Gasteiger partial charge in [-0.05, 0) is 93.3 Å². The van der Waals surface area contributed by atoms with Gasteiger partial charge < -0.3 is 20.1 Å². The van der Waals surface area contributed by atoms with Crippen molar-refractivity contribution in [1.82, 2.24) is 15.0 Å². The molecule has 0 spiro atoms. The smallest absolute Gasteiger partial charge is 0.322 e. The highest BCUT2D eigenvalue weighted by Gasteiger charge is 2.24. The molecule has 216 valence electrons.